The van der Waals surface area contributed by atoms with E-state index in [1.165, 1.54) is 6.07 Å². The highest BCUT2D eigenvalue weighted by atomic mass is 19.1. The van der Waals surface area contributed by atoms with Crippen LogP contribution in [0.25, 0.3) is 5.57 Å². The number of Topliss-reactive ketones (excluding diaryl/α,β-unsaturated/α-hetero) is 1. The van der Waals surface area contributed by atoms with Gasteiger partial charge in [0.2, 0.25) is 0 Å². The Morgan fingerprint density at radius 2 is 2.07 bits per heavy atom. The first-order valence-electron chi connectivity index (χ1n) is 5.14. The molecule has 1 aliphatic rings. The second kappa shape index (κ2) is 3.97. The molecular formula is C13H13FO. The van der Waals surface area contributed by atoms with E-state index in [4.69, 9.17) is 0 Å². The van der Waals surface area contributed by atoms with Crippen LogP contribution in [0.2, 0.25) is 0 Å². The first-order chi connectivity index (χ1) is 7.16. The minimum absolute atomic E-state index is 0.214. The molecule has 0 aromatic heterocycles. The molecule has 1 aromatic carbocycles. The average molecular weight is 204 g/mol. The van der Waals surface area contributed by atoms with Crippen molar-refractivity contribution in [2.24, 2.45) is 0 Å². The fourth-order valence-electron chi connectivity index (χ4n) is 1.90. The van der Waals surface area contributed by atoms with Crippen molar-refractivity contribution in [3.8, 4) is 0 Å². The Balaban J connectivity index is 2.37. The third kappa shape index (κ3) is 2.14. The fraction of sp³-hybridized carbons (Fsp3) is 0.308. The summed E-state index contributed by atoms with van der Waals surface area (Å²) < 4.78 is 13.1. The predicted molar refractivity (Wildman–Crippen MR) is 58.0 cm³/mol. The number of allylic oxidation sites excluding steroid dienone is 2. The van der Waals surface area contributed by atoms with E-state index in [9.17, 15) is 9.18 Å². The third-order valence-corrected chi connectivity index (χ3v) is 2.79. The van der Waals surface area contributed by atoms with Crippen molar-refractivity contribution < 1.29 is 9.18 Å². The van der Waals surface area contributed by atoms with Crippen LogP contribution in [0.4, 0.5) is 4.39 Å². The van der Waals surface area contributed by atoms with Gasteiger partial charge in [-0.2, -0.15) is 0 Å². The van der Waals surface area contributed by atoms with Crippen molar-refractivity contribution in [2.45, 2.75) is 26.2 Å². The monoisotopic (exact) mass is 204 g/mol. The molecule has 1 aliphatic carbocycles. The largest absolute Gasteiger partial charge is 0.299 e. The summed E-state index contributed by atoms with van der Waals surface area (Å²) in [5.74, 6) is 0.0567. The molecule has 15 heavy (non-hydrogen) atoms. The van der Waals surface area contributed by atoms with E-state index in [1.54, 1.807) is 12.1 Å². The lowest BCUT2D eigenvalue weighted by Gasteiger charge is -2.14. The Hall–Kier alpha value is -1.44. The summed E-state index contributed by atoms with van der Waals surface area (Å²) in [5, 5.41) is 0. The molecule has 0 atom stereocenters. The summed E-state index contributed by atoms with van der Waals surface area (Å²) in [5.41, 5.74) is 3.12. The van der Waals surface area contributed by atoms with Gasteiger partial charge in [-0.3, -0.25) is 4.79 Å². The highest BCUT2D eigenvalue weighted by molar-refractivity contribution is 5.87. The summed E-state index contributed by atoms with van der Waals surface area (Å²) in [4.78, 5) is 11.1. The molecule has 0 bridgehead atoms. The number of carbonyl (C=O) groups is 1. The van der Waals surface area contributed by atoms with Crippen LogP contribution in [0.3, 0.4) is 0 Å². The van der Waals surface area contributed by atoms with Gasteiger partial charge in [0, 0.05) is 12.8 Å². The van der Waals surface area contributed by atoms with Crippen molar-refractivity contribution >= 4 is 11.4 Å². The van der Waals surface area contributed by atoms with Crippen molar-refractivity contribution in [2.75, 3.05) is 0 Å². The van der Waals surface area contributed by atoms with E-state index in [-0.39, 0.29) is 11.6 Å². The number of ketones is 1. The lowest BCUT2D eigenvalue weighted by molar-refractivity contribution is -0.118. The van der Waals surface area contributed by atoms with Crippen molar-refractivity contribution in [3.63, 3.8) is 0 Å². The van der Waals surface area contributed by atoms with Gasteiger partial charge in [-0.25, -0.2) is 4.39 Å². The van der Waals surface area contributed by atoms with Gasteiger partial charge in [0.05, 0.1) is 0 Å². The number of hydrogen-bond acceptors (Lipinski definition) is 1. The molecule has 0 N–H and O–H groups in total. The van der Waals surface area contributed by atoms with E-state index < -0.39 is 0 Å². The Bertz CT molecular complexity index is 432. The molecule has 0 spiro atoms. The van der Waals surface area contributed by atoms with Crippen LogP contribution < -0.4 is 0 Å². The molecule has 0 aliphatic heterocycles. The number of aryl methyl sites for hydroxylation is 1. The Labute approximate surface area is 88.6 Å². The molecule has 0 saturated carbocycles. The quantitative estimate of drug-likeness (QED) is 0.686. The van der Waals surface area contributed by atoms with Gasteiger partial charge in [0.25, 0.3) is 0 Å². The van der Waals surface area contributed by atoms with Crippen molar-refractivity contribution in [3.05, 3.63) is 41.2 Å². The van der Waals surface area contributed by atoms with Gasteiger partial charge in [-0.05, 0) is 42.2 Å². The van der Waals surface area contributed by atoms with Gasteiger partial charge in [0.15, 0.2) is 0 Å². The van der Waals surface area contributed by atoms with Gasteiger partial charge < -0.3 is 0 Å². The average Bonchev–Trinajstić information content (AvgIpc) is 2.23. The van der Waals surface area contributed by atoms with Crippen molar-refractivity contribution in [1.82, 2.24) is 0 Å². The molecule has 1 nitrogen and oxygen atoms in total. The number of halogens is 1. The van der Waals surface area contributed by atoms with Crippen LogP contribution in [0.15, 0.2) is 24.3 Å². The first-order valence-corrected chi connectivity index (χ1v) is 5.14. The van der Waals surface area contributed by atoms with E-state index in [0.29, 0.717) is 12.8 Å². The smallest absolute Gasteiger partial charge is 0.137 e. The van der Waals surface area contributed by atoms with E-state index in [0.717, 1.165) is 23.1 Å². The molecule has 1 aromatic rings. The number of hydrogen-bond donors (Lipinski definition) is 0. The molecule has 2 rings (SSSR count). The number of benzene rings is 1. The summed E-state index contributed by atoms with van der Waals surface area (Å²) in [7, 11) is 0. The second-order valence-corrected chi connectivity index (χ2v) is 3.93. The van der Waals surface area contributed by atoms with E-state index >= 15 is 0 Å². The normalized spacial score (nSPS) is 16.4. The standard InChI is InChI=1S/C13H13FO/c1-9-2-5-11(14)8-13(9)10-3-6-12(15)7-4-10/h2-3,5,8H,4,6-7H2,1H3. The highest BCUT2D eigenvalue weighted by Gasteiger charge is 2.13. The van der Waals surface area contributed by atoms with Crippen LogP contribution in [0.1, 0.15) is 30.4 Å². The number of carbonyl (C=O) groups excluding carboxylic acids is 1. The highest BCUT2D eigenvalue weighted by Crippen LogP contribution is 2.27. The maximum absolute atomic E-state index is 13.1. The van der Waals surface area contributed by atoms with Crippen LogP contribution in [-0.2, 0) is 4.79 Å². The number of rotatable bonds is 1. The summed E-state index contributed by atoms with van der Waals surface area (Å²) in [6.07, 6.45) is 3.74. The SMILES string of the molecule is Cc1ccc(F)cc1C1=CCC(=O)CC1. The minimum atomic E-state index is -0.214. The van der Waals surface area contributed by atoms with Crippen LogP contribution >= 0.6 is 0 Å². The van der Waals surface area contributed by atoms with Gasteiger partial charge in [-0.1, -0.05) is 12.1 Å². The maximum atomic E-state index is 13.1. The van der Waals surface area contributed by atoms with Crippen LogP contribution in [-0.4, -0.2) is 5.78 Å². The van der Waals surface area contributed by atoms with Crippen LogP contribution in [0, 0.1) is 12.7 Å². The summed E-state index contributed by atoms with van der Waals surface area (Å²) in [6.45, 7) is 1.96. The zero-order chi connectivity index (χ0) is 10.8. The zero-order valence-electron chi connectivity index (χ0n) is 8.72. The third-order valence-electron chi connectivity index (χ3n) is 2.79. The minimum Gasteiger partial charge on any atom is -0.299 e. The molecular weight excluding hydrogens is 191 g/mol. The molecule has 0 amide bonds. The molecule has 0 radical (unpaired) electrons. The molecule has 0 saturated heterocycles. The van der Waals surface area contributed by atoms with Gasteiger partial charge >= 0.3 is 0 Å². The lowest BCUT2D eigenvalue weighted by Crippen LogP contribution is -2.04. The topological polar surface area (TPSA) is 17.1 Å². The summed E-state index contributed by atoms with van der Waals surface area (Å²) >= 11 is 0. The fourth-order valence-corrected chi connectivity index (χ4v) is 1.90. The van der Waals surface area contributed by atoms with E-state index in [2.05, 4.69) is 0 Å². The zero-order valence-corrected chi connectivity index (χ0v) is 8.72. The second-order valence-electron chi connectivity index (χ2n) is 3.93. The molecule has 0 unspecified atom stereocenters. The van der Waals surface area contributed by atoms with Crippen LogP contribution in [0.5, 0.6) is 0 Å². The Morgan fingerprint density at radius 3 is 2.73 bits per heavy atom. The predicted octanol–water partition coefficient (Wildman–Crippen LogP) is 3.27. The first kappa shape index (κ1) is 10.1. The summed E-state index contributed by atoms with van der Waals surface area (Å²) in [6, 6.07) is 4.80. The lowest BCUT2D eigenvalue weighted by atomic mass is 9.90. The molecule has 0 heterocycles. The van der Waals surface area contributed by atoms with Gasteiger partial charge in [-0.15, -0.1) is 0 Å². The van der Waals surface area contributed by atoms with E-state index in [1.807, 2.05) is 13.0 Å². The molecule has 0 fully saturated rings. The maximum Gasteiger partial charge on any atom is 0.137 e. The molecule has 78 valence electrons. The van der Waals surface area contributed by atoms with Crippen molar-refractivity contribution in [1.29, 1.82) is 0 Å². The Kier molecular flexibility index (Phi) is 2.67. The van der Waals surface area contributed by atoms with Gasteiger partial charge in [0.1, 0.15) is 11.6 Å². The molecule has 2 heteroatoms. The Morgan fingerprint density at radius 1 is 1.27 bits per heavy atom.